The van der Waals surface area contributed by atoms with Crippen LogP contribution in [-0.4, -0.2) is 31.5 Å². The molecule has 1 atom stereocenters. The number of piperidine rings is 1. The topological polar surface area (TPSA) is 44.3 Å². The molecule has 1 unspecified atom stereocenters. The third-order valence-electron chi connectivity index (χ3n) is 2.13. The third-order valence-corrected chi connectivity index (χ3v) is 2.13. The SMILES string of the molecule is CNC(O)C1CCNCC1. The van der Waals surface area contributed by atoms with Gasteiger partial charge < -0.3 is 10.4 Å². The van der Waals surface area contributed by atoms with Gasteiger partial charge >= 0.3 is 0 Å². The van der Waals surface area contributed by atoms with Crippen LogP contribution in [0.2, 0.25) is 0 Å². The Bertz CT molecular complexity index is 91.6. The van der Waals surface area contributed by atoms with Crippen LogP contribution in [0.15, 0.2) is 0 Å². The molecule has 1 rings (SSSR count). The molecule has 0 radical (unpaired) electrons. The quantitative estimate of drug-likeness (QED) is 0.459. The minimum absolute atomic E-state index is 0.304. The van der Waals surface area contributed by atoms with E-state index in [1.54, 1.807) is 7.05 Å². The van der Waals surface area contributed by atoms with Crippen molar-refractivity contribution in [3.8, 4) is 0 Å². The lowest BCUT2D eigenvalue weighted by Gasteiger charge is -2.26. The minimum Gasteiger partial charge on any atom is -0.378 e. The second kappa shape index (κ2) is 3.91. The smallest absolute Gasteiger partial charge is 0.107 e. The molecule has 1 fully saturated rings. The molecule has 1 aliphatic heterocycles. The zero-order valence-electron chi connectivity index (χ0n) is 6.43. The maximum Gasteiger partial charge on any atom is 0.107 e. The molecule has 60 valence electrons. The van der Waals surface area contributed by atoms with Crippen LogP contribution in [0.1, 0.15) is 12.8 Å². The van der Waals surface area contributed by atoms with E-state index in [1.165, 1.54) is 0 Å². The van der Waals surface area contributed by atoms with Gasteiger partial charge in [0.05, 0.1) is 0 Å². The molecule has 3 heteroatoms. The maximum absolute atomic E-state index is 9.34. The zero-order chi connectivity index (χ0) is 7.40. The first-order chi connectivity index (χ1) is 4.84. The maximum atomic E-state index is 9.34. The number of aliphatic hydroxyl groups excluding tert-OH is 1. The largest absolute Gasteiger partial charge is 0.378 e. The highest BCUT2D eigenvalue weighted by atomic mass is 16.3. The molecule has 3 N–H and O–H groups in total. The van der Waals surface area contributed by atoms with Crippen molar-refractivity contribution in [2.45, 2.75) is 19.1 Å². The molecule has 0 bridgehead atoms. The average molecular weight is 144 g/mol. The molecule has 0 aliphatic carbocycles. The number of nitrogens with one attached hydrogen (secondary N) is 2. The van der Waals surface area contributed by atoms with Crippen LogP contribution < -0.4 is 10.6 Å². The second-order valence-corrected chi connectivity index (χ2v) is 2.82. The molecule has 0 amide bonds. The molecule has 1 aliphatic rings. The van der Waals surface area contributed by atoms with Gasteiger partial charge in [-0.25, -0.2) is 0 Å². The summed E-state index contributed by atoms with van der Waals surface area (Å²) in [4.78, 5) is 0. The standard InChI is InChI=1S/C7H16N2O/c1-8-7(10)6-2-4-9-5-3-6/h6-10H,2-5H2,1H3. The Hall–Kier alpha value is -0.120. The van der Waals surface area contributed by atoms with Gasteiger partial charge in [-0.15, -0.1) is 0 Å². The van der Waals surface area contributed by atoms with Gasteiger partial charge in [-0.1, -0.05) is 0 Å². The fraction of sp³-hybridized carbons (Fsp3) is 1.00. The van der Waals surface area contributed by atoms with Gasteiger partial charge in [0.2, 0.25) is 0 Å². The summed E-state index contributed by atoms with van der Waals surface area (Å²) < 4.78 is 0. The van der Waals surface area contributed by atoms with Gasteiger partial charge in [0.25, 0.3) is 0 Å². The summed E-state index contributed by atoms with van der Waals surface area (Å²) in [7, 11) is 1.80. The molecule has 1 saturated heterocycles. The van der Waals surface area contributed by atoms with Crippen molar-refractivity contribution in [2.24, 2.45) is 5.92 Å². The van der Waals surface area contributed by atoms with Gasteiger partial charge in [0.15, 0.2) is 0 Å². The molecule has 1 heterocycles. The third kappa shape index (κ3) is 1.94. The van der Waals surface area contributed by atoms with Crippen molar-refractivity contribution in [1.29, 1.82) is 0 Å². The van der Waals surface area contributed by atoms with Crippen molar-refractivity contribution in [2.75, 3.05) is 20.1 Å². The normalized spacial score (nSPS) is 24.6. The fourth-order valence-corrected chi connectivity index (χ4v) is 1.40. The van der Waals surface area contributed by atoms with Crippen LogP contribution >= 0.6 is 0 Å². The van der Waals surface area contributed by atoms with E-state index in [2.05, 4.69) is 10.6 Å². The van der Waals surface area contributed by atoms with Crippen LogP contribution in [0.3, 0.4) is 0 Å². The Morgan fingerprint density at radius 1 is 1.50 bits per heavy atom. The molecular formula is C7H16N2O. The molecule has 0 saturated carbocycles. The van der Waals surface area contributed by atoms with E-state index >= 15 is 0 Å². The number of rotatable bonds is 2. The highest BCUT2D eigenvalue weighted by Crippen LogP contribution is 2.13. The van der Waals surface area contributed by atoms with Crippen LogP contribution in [0.5, 0.6) is 0 Å². The van der Waals surface area contributed by atoms with Gasteiger partial charge in [-0.05, 0) is 33.0 Å². The highest BCUT2D eigenvalue weighted by molar-refractivity contribution is 4.72. The summed E-state index contributed by atoms with van der Waals surface area (Å²) in [5.41, 5.74) is 0. The van der Waals surface area contributed by atoms with Crippen molar-refractivity contribution in [3.05, 3.63) is 0 Å². The second-order valence-electron chi connectivity index (χ2n) is 2.82. The van der Waals surface area contributed by atoms with Gasteiger partial charge in [-0.3, -0.25) is 5.32 Å². The lowest BCUT2D eigenvalue weighted by atomic mass is 9.96. The van der Waals surface area contributed by atoms with Crippen LogP contribution in [0, 0.1) is 5.92 Å². The van der Waals surface area contributed by atoms with E-state index < -0.39 is 0 Å². The summed E-state index contributed by atoms with van der Waals surface area (Å²) in [6.07, 6.45) is 1.87. The van der Waals surface area contributed by atoms with E-state index in [4.69, 9.17) is 0 Å². The Labute approximate surface area is 61.8 Å². The van der Waals surface area contributed by atoms with E-state index in [0.717, 1.165) is 25.9 Å². The Morgan fingerprint density at radius 3 is 2.60 bits per heavy atom. The molecule has 0 spiro atoms. The van der Waals surface area contributed by atoms with Crippen molar-refractivity contribution in [3.63, 3.8) is 0 Å². The minimum atomic E-state index is -0.304. The molecule has 0 aromatic heterocycles. The first-order valence-electron chi connectivity index (χ1n) is 3.90. The Morgan fingerprint density at radius 2 is 2.10 bits per heavy atom. The Balaban J connectivity index is 2.24. The van der Waals surface area contributed by atoms with Crippen molar-refractivity contribution < 1.29 is 5.11 Å². The van der Waals surface area contributed by atoms with Crippen LogP contribution in [0.25, 0.3) is 0 Å². The Kier molecular flexibility index (Phi) is 3.12. The number of hydrogen-bond acceptors (Lipinski definition) is 3. The predicted molar refractivity (Wildman–Crippen MR) is 40.7 cm³/mol. The monoisotopic (exact) mass is 144 g/mol. The lowest BCUT2D eigenvalue weighted by Crippen LogP contribution is -2.40. The summed E-state index contributed by atoms with van der Waals surface area (Å²) >= 11 is 0. The summed E-state index contributed by atoms with van der Waals surface area (Å²) in [5, 5.41) is 15.5. The summed E-state index contributed by atoms with van der Waals surface area (Å²) in [6, 6.07) is 0. The van der Waals surface area contributed by atoms with Crippen LogP contribution in [-0.2, 0) is 0 Å². The molecule has 0 aromatic carbocycles. The highest BCUT2D eigenvalue weighted by Gasteiger charge is 2.19. The lowest BCUT2D eigenvalue weighted by molar-refractivity contribution is 0.0659. The summed E-state index contributed by atoms with van der Waals surface area (Å²) in [5.74, 6) is 0.450. The number of hydrogen-bond donors (Lipinski definition) is 3. The van der Waals surface area contributed by atoms with Crippen molar-refractivity contribution >= 4 is 0 Å². The molecule has 10 heavy (non-hydrogen) atoms. The first-order valence-corrected chi connectivity index (χ1v) is 3.90. The van der Waals surface area contributed by atoms with Crippen LogP contribution in [0.4, 0.5) is 0 Å². The van der Waals surface area contributed by atoms with Gasteiger partial charge in [-0.2, -0.15) is 0 Å². The molecular weight excluding hydrogens is 128 g/mol. The molecule has 3 nitrogen and oxygen atoms in total. The van der Waals surface area contributed by atoms with E-state index in [-0.39, 0.29) is 6.23 Å². The van der Waals surface area contributed by atoms with E-state index in [1.807, 2.05) is 0 Å². The summed E-state index contributed by atoms with van der Waals surface area (Å²) in [6.45, 7) is 2.09. The zero-order valence-corrected chi connectivity index (χ0v) is 6.43. The number of aliphatic hydroxyl groups is 1. The van der Waals surface area contributed by atoms with Crippen molar-refractivity contribution in [1.82, 2.24) is 10.6 Å². The predicted octanol–water partition coefficient (Wildman–Crippen LogP) is -0.476. The average Bonchev–Trinajstić information content (AvgIpc) is 2.05. The fourth-order valence-electron chi connectivity index (χ4n) is 1.40. The van der Waals surface area contributed by atoms with Gasteiger partial charge in [0.1, 0.15) is 6.23 Å². The first kappa shape index (κ1) is 7.98. The molecule has 0 aromatic rings. The van der Waals surface area contributed by atoms with E-state index in [9.17, 15) is 5.11 Å². The van der Waals surface area contributed by atoms with Gasteiger partial charge in [0, 0.05) is 5.92 Å². The van der Waals surface area contributed by atoms with E-state index in [0.29, 0.717) is 5.92 Å².